The van der Waals surface area contributed by atoms with Crippen molar-refractivity contribution in [2.45, 2.75) is 40.2 Å². The Morgan fingerprint density at radius 1 is 1.37 bits per heavy atom. The fraction of sp³-hybridized carbons (Fsp3) is 0.333. The van der Waals surface area contributed by atoms with Crippen LogP contribution in [0.1, 0.15) is 51.9 Å². The molecule has 1 N–H and O–H groups in total. The summed E-state index contributed by atoms with van der Waals surface area (Å²) in [6.45, 7) is 7.28. The Bertz CT molecular complexity index is 907. The molecule has 1 aromatic carbocycles. The minimum Gasteiger partial charge on any atom is -0.459 e. The molecule has 1 amide bonds. The molecule has 0 aliphatic rings. The molecule has 2 aromatic rings. The number of anilines is 1. The zero-order valence-corrected chi connectivity index (χ0v) is 16.9. The summed E-state index contributed by atoms with van der Waals surface area (Å²) in [5.74, 6) is -1.06. The molecule has 0 aliphatic heterocycles. The predicted octanol–water partition coefficient (Wildman–Crippen LogP) is 5.00. The summed E-state index contributed by atoms with van der Waals surface area (Å²) in [6, 6.07) is 3.59. The number of nitro groups is 1. The molecule has 0 saturated carbocycles. The number of nitrogens with one attached hydrogen (secondary N) is 1. The van der Waals surface area contributed by atoms with Gasteiger partial charge in [0, 0.05) is 17.0 Å². The molecular weight excluding hydrogens is 392 g/mol. The van der Waals surface area contributed by atoms with E-state index in [9.17, 15) is 19.7 Å². The third-order valence-electron chi connectivity index (χ3n) is 3.74. The normalized spacial score (nSPS) is 10.7. The number of thiophene rings is 1. The first kappa shape index (κ1) is 20.9. The maximum Gasteiger partial charge on any atom is 0.341 e. The van der Waals surface area contributed by atoms with Crippen molar-refractivity contribution in [2.24, 2.45) is 0 Å². The van der Waals surface area contributed by atoms with Crippen molar-refractivity contribution in [3.8, 4) is 0 Å². The molecule has 2 rings (SSSR count). The van der Waals surface area contributed by atoms with E-state index in [2.05, 4.69) is 5.32 Å². The van der Waals surface area contributed by atoms with Gasteiger partial charge in [0.05, 0.1) is 27.2 Å². The number of nitrogens with zero attached hydrogens (tertiary/aromatic N) is 1. The van der Waals surface area contributed by atoms with Crippen LogP contribution in [0.15, 0.2) is 18.2 Å². The molecule has 7 nitrogen and oxygen atoms in total. The number of hydrogen-bond donors (Lipinski definition) is 1. The van der Waals surface area contributed by atoms with Crippen LogP contribution in [0.5, 0.6) is 0 Å². The Morgan fingerprint density at radius 2 is 2.04 bits per heavy atom. The molecule has 9 heteroatoms. The average Bonchev–Trinajstić information content (AvgIpc) is 2.88. The number of non-ortho nitro benzene ring substituents is 1. The largest absolute Gasteiger partial charge is 0.459 e. The maximum absolute atomic E-state index is 12.6. The summed E-state index contributed by atoms with van der Waals surface area (Å²) >= 11 is 7.29. The second kappa shape index (κ2) is 8.49. The molecular formula is C18H19ClN2O5S. The predicted molar refractivity (Wildman–Crippen MR) is 105 cm³/mol. The smallest absolute Gasteiger partial charge is 0.341 e. The van der Waals surface area contributed by atoms with Crippen LogP contribution in [0.2, 0.25) is 5.02 Å². The monoisotopic (exact) mass is 410 g/mol. The zero-order valence-electron chi connectivity index (χ0n) is 15.3. The average molecular weight is 411 g/mol. The highest BCUT2D eigenvalue weighted by molar-refractivity contribution is 7.16. The Hall–Kier alpha value is -2.45. The van der Waals surface area contributed by atoms with Gasteiger partial charge >= 0.3 is 5.97 Å². The number of esters is 1. The quantitative estimate of drug-likeness (QED) is 0.410. The fourth-order valence-corrected chi connectivity index (χ4v) is 3.94. The number of carbonyl (C=O) groups excluding carboxylic acids is 2. The standard InChI is InChI=1S/C18H19ClN2O5S/c1-5-12-10(4)27-17(15(12)18(23)26-9(2)3)20-16(22)13-7-6-11(21(24)25)8-14(13)19/h6-9H,5H2,1-4H3,(H,20,22). The van der Waals surface area contributed by atoms with Crippen LogP contribution in [-0.4, -0.2) is 22.9 Å². The highest BCUT2D eigenvalue weighted by Crippen LogP contribution is 2.35. The van der Waals surface area contributed by atoms with E-state index >= 15 is 0 Å². The molecule has 0 atom stereocenters. The number of aryl methyl sites for hydroxylation is 1. The number of ether oxygens (including phenoxy) is 1. The SMILES string of the molecule is CCc1c(C)sc(NC(=O)c2ccc([N+](=O)[O-])cc2Cl)c1C(=O)OC(C)C. The van der Waals surface area contributed by atoms with Crippen LogP contribution >= 0.6 is 22.9 Å². The summed E-state index contributed by atoms with van der Waals surface area (Å²) in [6.07, 6.45) is 0.314. The number of amides is 1. The Labute approximate surface area is 165 Å². The number of halogens is 1. The molecule has 0 radical (unpaired) electrons. The summed E-state index contributed by atoms with van der Waals surface area (Å²) in [5, 5.41) is 13.8. The Balaban J connectivity index is 2.38. The highest BCUT2D eigenvalue weighted by Gasteiger charge is 2.25. The van der Waals surface area contributed by atoms with E-state index in [4.69, 9.17) is 16.3 Å². The minimum atomic E-state index is -0.594. The van der Waals surface area contributed by atoms with Crippen LogP contribution in [0.3, 0.4) is 0 Å². The van der Waals surface area contributed by atoms with Crippen molar-refractivity contribution < 1.29 is 19.2 Å². The van der Waals surface area contributed by atoms with E-state index < -0.39 is 16.8 Å². The molecule has 1 heterocycles. The van der Waals surface area contributed by atoms with Crippen LogP contribution < -0.4 is 5.32 Å². The first-order valence-electron chi connectivity index (χ1n) is 8.24. The van der Waals surface area contributed by atoms with Gasteiger partial charge in [-0.15, -0.1) is 11.3 Å². The molecule has 0 bridgehead atoms. The number of benzene rings is 1. The summed E-state index contributed by atoms with van der Waals surface area (Å²) in [7, 11) is 0. The number of carbonyl (C=O) groups is 2. The molecule has 0 saturated heterocycles. The number of hydrogen-bond acceptors (Lipinski definition) is 6. The third-order valence-corrected chi connectivity index (χ3v) is 5.12. The molecule has 144 valence electrons. The first-order valence-corrected chi connectivity index (χ1v) is 9.43. The van der Waals surface area contributed by atoms with Crippen molar-refractivity contribution >= 4 is 45.5 Å². The van der Waals surface area contributed by atoms with Gasteiger partial charge in [-0.25, -0.2) is 4.79 Å². The van der Waals surface area contributed by atoms with Gasteiger partial charge in [0.1, 0.15) is 5.00 Å². The van der Waals surface area contributed by atoms with E-state index in [1.54, 1.807) is 13.8 Å². The van der Waals surface area contributed by atoms with Crippen LogP contribution in [0.25, 0.3) is 0 Å². The topological polar surface area (TPSA) is 98.5 Å². The van der Waals surface area contributed by atoms with Gasteiger partial charge < -0.3 is 10.1 Å². The van der Waals surface area contributed by atoms with Gasteiger partial charge in [0.2, 0.25) is 0 Å². The van der Waals surface area contributed by atoms with Crippen molar-refractivity contribution in [1.29, 1.82) is 0 Å². The zero-order chi connectivity index (χ0) is 20.3. The van der Waals surface area contributed by atoms with Crippen molar-refractivity contribution in [1.82, 2.24) is 0 Å². The van der Waals surface area contributed by atoms with E-state index in [1.165, 1.54) is 23.5 Å². The summed E-state index contributed by atoms with van der Waals surface area (Å²) in [5.41, 5.74) is 1.02. The van der Waals surface area contributed by atoms with Gasteiger partial charge in [0.25, 0.3) is 11.6 Å². The van der Waals surface area contributed by atoms with E-state index in [-0.39, 0.29) is 22.4 Å². The van der Waals surface area contributed by atoms with Crippen molar-refractivity contribution in [3.63, 3.8) is 0 Å². The lowest BCUT2D eigenvalue weighted by Gasteiger charge is -2.11. The summed E-state index contributed by atoms with van der Waals surface area (Å²) < 4.78 is 5.30. The highest BCUT2D eigenvalue weighted by atomic mass is 35.5. The van der Waals surface area contributed by atoms with Gasteiger partial charge in [0.15, 0.2) is 0 Å². The van der Waals surface area contributed by atoms with Gasteiger partial charge in [-0.2, -0.15) is 0 Å². The maximum atomic E-state index is 12.6. The van der Waals surface area contributed by atoms with Crippen LogP contribution in [0.4, 0.5) is 10.7 Å². The van der Waals surface area contributed by atoms with Crippen molar-refractivity contribution in [3.05, 3.63) is 54.9 Å². The molecule has 1 aromatic heterocycles. The van der Waals surface area contributed by atoms with Gasteiger partial charge in [-0.05, 0) is 38.8 Å². The molecule has 27 heavy (non-hydrogen) atoms. The molecule has 0 fully saturated rings. The third kappa shape index (κ3) is 4.64. The Morgan fingerprint density at radius 3 is 2.56 bits per heavy atom. The summed E-state index contributed by atoms with van der Waals surface area (Å²) in [4.78, 5) is 36.2. The second-order valence-electron chi connectivity index (χ2n) is 6.02. The second-order valence-corrected chi connectivity index (χ2v) is 7.66. The number of rotatable bonds is 6. The van der Waals surface area contributed by atoms with E-state index in [0.717, 1.165) is 16.5 Å². The van der Waals surface area contributed by atoms with Crippen LogP contribution in [-0.2, 0) is 11.2 Å². The lowest BCUT2D eigenvalue weighted by molar-refractivity contribution is -0.384. The Kier molecular flexibility index (Phi) is 6.56. The van der Waals surface area contributed by atoms with Gasteiger partial charge in [-0.1, -0.05) is 18.5 Å². The van der Waals surface area contributed by atoms with Gasteiger partial charge in [-0.3, -0.25) is 14.9 Å². The van der Waals surface area contributed by atoms with Crippen molar-refractivity contribution in [2.75, 3.05) is 5.32 Å². The lowest BCUT2D eigenvalue weighted by Crippen LogP contribution is -2.17. The molecule has 0 aliphatic carbocycles. The van der Waals surface area contributed by atoms with Crippen LogP contribution in [0, 0.1) is 17.0 Å². The van der Waals surface area contributed by atoms with E-state index in [1.807, 2.05) is 13.8 Å². The number of nitro benzene ring substituents is 1. The molecule has 0 spiro atoms. The minimum absolute atomic E-state index is 0.0444. The lowest BCUT2D eigenvalue weighted by atomic mass is 10.1. The fourth-order valence-electron chi connectivity index (χ4n) is 2.55. The first-order chi connectivity index (χ1) is 12.6. The molecule has 0 unspecified atom stereocenters. The van der Waals surface area contributed by atoms with E-state index in [0.29, 0.717) is 17.0 Å².